The van der Waals surface area contributed by atoms with Gasteiger partial charge in [-0.2, -0.15) is 0 Å². The number of fused-ring (bicyclic) bond motifs is 3. The molecular formula is C30H35ClN4O5. The van der Waals surface area contributed by atoms with Gasteiger partial charge < -0.3 is 29.0 Å². The number of carbonyl (C=O) groups excluding carboxylic acids is 2. The van der Waals surface area contributed by atoms with Crippen LogP contribution >= 0.6 is 11.6 Å². The van der Waals surface area contributed by atoms with E-state index in [0.29, 0.717) is 31.3 Å². The van der Waals surface area contributed by atoms with Crippen molar-refractivity contribution in [3.63, 3.8) is 0 Å². The molecular weight excluding hydrogens is 532 g/mol. The molecule has 2 amide bonds. The Hall–Kier alpha value is -3.27. The second kappa shape index (κ2) is 12.1. The summed E-state index contributed by atoms with van der Waals surface area (Å²) >= 11 is 6.27. The van der Waals surface area contributed by atoms with Crippen molar-refractivity contribution in [1.29, 1.82) is 0 Å². The fourth-order valence-electron chi connectivity index (χ4n) is 6.01. The lowest BCUT2D eigenvalue weighted by Gasteiger charge is -2.34. The summed E-state index contributed by atoms with van der Waals surface area (Å²) in [6.07, 6.45) is 3.01. The zero-order valence-corrected chi connectivity index (χ0v) is 23.3. The van der Waals surface area contributed by atoms with Gasteiger partial charge in [0.2, 0.25) is 6.41 Å². The van der Waals surface area contributed by atoms with Crippen LogP contribution in [0.3, 0.4) is 0 Å². The molecule has 2 aromatic carbocycles. The van der Waals surface area contributed by atoms with Crippen molar-refractivity contribution in [2.75, 3.05) is 59.1 Å². The molecule has 2 saturated heterocycles. The maximum Gasteiger partial charge on any atom is 0.409 e. The summed E-state index contributed by atoms with van der Waals surface area (Å²) in [7, 11) is 0. The number of ether oxygens (including phenoxy) is 3. The number of nitrogens with one attached hydrogen (secondary N) is 1. The van der Waals surface area contributed by atoms with Crippen LogP contribution < -0.4 is 4.74 Å². The normalized spacial score (nSPS) is 20.4. The van der Waals surface area contributed by atoms with Crippen LogP contribution in [0, 0.1) is 0 Å². The number of aromatic nitrogens is 1. The Balaban J connectivity index is 1.04. The van der Waals surface area contributed by atoms with Crippen molar-refractivity contribution in [3.8, 4) is 5.75 Å². The molecule has 0 aliphatic carbocycles. The summed E-state index contributed by atoms with van der Waals surface area (Å²) in [5, 5.41) is 1.82. The number of hydrogen-bond donors (Lipinski definition) is 1. The van der Waals surface area contributed by atoms with Crippen LogP contribution in [0.15, 0.2) is 42.5 Å². The number of amides is 2. The summed E-state index contributed by atoms with van der Waals surface area (Å²) < 4.78 is 17.1. The van der Waals surface area contributed by atoms with Gasteiger partial charge in [-0.05, 0) is 47.9 Å². The predicted octanol–water partition coefficient (Wildman–Crippen LogP) is 4.24. The Kier molecular flexibility index (Phi) is 8.13. The standard InChI is InChI=1S/C30H35ClN4O5/c31-22-3-6-27-26(19-22)25-9-12-35(20-36)29(28(25)32-27)21-1-4-23(5-2-21)40-24-7-10-34(11-8-24)30(37)39-18-15-33-13-16-38-17-14-33/h1-6,19-20,24,29,32H,7-18H2. The first-order valence-electron chi connectivity index (χ1n) is 14.1. The third kappa shape index (κ3) is 5.77. The Labute approximate surface area is 238 Å². The number of carbonyl (C=O) groups is 2. The SMILES string of the molecule is O=CN1CCc2c([nH]c3ccc(Cl)cc23)C1c1ccc(OC2CCN(C(=O)OCCN3CCOCC3)CC2)cc1. The van der Waals surface area contributed by atoms with E-state index in [2.05, 4.69) is 9.88 Å². The topological polar surface area (TPSA) is 87.3 Å². The highest BCUT2D eigenvalue weighted by molar-refractivity contribution is 6.31. The number of hydrogen-bond acceptors (Lipinski definition) is 6. The largest absolute Gasteiger partial charge is 0.490 e. The van der Waals surface area contributed by atoms with Crippen LogP contribution in [0.2, 0.25) is 5.02 Å². The molecule has 3 aliphatic rings. The summed E-state index contributed by atoms with van der Waals surface area (Å²) in [5.74, 6) is 0.785. The monoisotopic (exact) mass is 566 g/mol. The number of aromatic amines is 1. The van der Waals surface area contributed by atoms with Gasteiger partial charge in [-0.3, -0.25) is 9.69 Å². The molecule has 3 aromatic rings. The van der Waals surface area contributed by atoms with Crippen molar-refractivity contribution in [2.45, 2.75) is 31.4 Å². The van der Waals surface area contributed by atoms with E-state index in [1.54, 1.807) is 4.90 Å². The molecule has 10 heteroatoms. The van der Waals surface area contributed by atoms with Crippen LogP contribution in [0.5, 0.6) is 5.75 Å². The molecule has 6 rings (SSSR count). The first-order valence-corrected chi connectivity index (χ1v) is 14.5. The first kappa shape index (κ1) is 26.9. The maximum atomic E-state index is 12.5. The summed E-state index contributed by atoms with van der Waals surface area (Å²) in [6, 6.07) is 13.7. The number of benzene rings is 2. The Morgan fingerprint density at radius 1 is 1.05 bits per heavy atom. The highest BCUT2D eigenvalue weighted by Gasteiger charge is 2.31. The van der Waals surface area contributed by atoms with Gasteiger partial charge in [-0.15, -0.1) is 0 Å². The lowest BCUT2D eigenvalue weighted by Crippen LogP contribution is -2.43. The van der Waals surface area contributed by atoms with Crippen molar-refractivity contribution in [1.82, 2.24) is 19.7 Å². The molecule has 40 heavy (non-hydrogen) atoms. The number of H-pyrrole nitrogens is 1. The molecule has 0 spiro atoms. The minimum absolute atomic E-state index is 0.0365. The minimum Gasteiger partial charge on any atom is -0.490 e. The Bertz CT molecular complexity index is 1330. The van der Waals surface area contributed by atoms with Crippen LogP contribution in [0.1, 0.15) is 35.7 Å². The third-order valence-corrected chi connectivity index (χ3v) is 8.43. The number of morpholine rings is 1. The van der Waals surface area contributed by atoms with Crippen LogP contribution in [0.25, 0.3) is 10.9 Å². The lowest BCUT2D eigenvalue weighted by atomic mass is 9.93. The van der Waals surface area contributed by atoms with E-state index >= 15 is 0 Å². The molecule has 0 bridgehead atoms. The average Bonchev–Trinajstić information content (AvgIpc) is 3.36. The van der Waals surface area contributed by atoms with E-state index in [0.717, 1.165) is 86.4 Å². The van der Waals surface area contributed by atoms with Crippen molar-refractivity contribution in [3.05, 3.63) is 64.3 Å². The van der Waals surface area contributed by atoms with Gasteiger partial charge in [0.25, 0.3) is 0 Å². The van der Waals surface area contributed by atoms with Crippen LogP contribution in [0.4, 0.5) is 4.79 Å². The zero-order valence-electron chi connectivity index (χ0n) is 22.5. The number of nitrogens with zero attached hydrogens (tertiary/aromatic N) is 3. The number of likely N-dealkylation sites (tertiary alicyclic amines) is 1. The van der Waals surface area contributed by atoms with Gasteiger partial charge in [0.15, 0.2) is 0 Å². The molecule has 2 fully saturated rings. The lowest BCUT2D eigenvalue weighted by molar-refractivity contribution is -0.120. The minimum atomic E-state index is -0.248. The molecule has 3 aliphatic heterocycles. The molecule has 4 heterocycles. The van der Waals surface area contributed by atoms with Gasteiger partial charge in [0.05, 0.1) is 19.3 Å². The third-order valence-electron chi connectivity index (χ3n) is 8.20. The van der Waals surface area contributed by atoms with E-state index < -0.39 is 0 Å². The number of halogens is 1. The molecule has 1 aromatic heterocycles. The fourth-order valence-corrected chi connectivity index (χ4v) is 6.18. The molecule has 0 saturated carbocycles. The van der Waals surface area contributed by atoms with Crippen LogP contribution in [-0.2, 0) is 20.7 Å². The predicted molar refractivity (Wildman–Crippen MR) is 152 cm³/mol. The van der Waals surface area contributed by atoms with E-state index in [4.69, 9.17) is 25.8 Å². The summed E-state index contributed by atoms with van der Waals surface area (Å²) in [6.45, 7) is 6.26. The quantitative estimate of drug-likeness (QED) is 0.431. The average molecular weight is 567 g/mol. The smallest absolute Gasteiger partial charge is 0.409 e. The molecule has 0 radical (unpaired) electrons. The van der Waals surface area contributed by atoms with Gasteiger partial charge in [-0.1, -0.05) is 23.7 Å². The zero-order chi connectivity index (χ0) is 27.5. The van der Waals surface area contributed by atoms with Crippen molar-refractivity contribution in [2.24, 2.45) is 0 Å². The van der Waals surface area contributed by atoms with Gasteiger partial charge in [0, 0.05) is 73.7 Å². The first-order chi connectivity index (χ1) is 19.6. The van der Waals surface area contributed by atoms with Gasteiger partial charge in [-0.25, -0.2) is 4.79 Å². The molecule has 1 atom stereocenters. The van der Waals surface area contributed by atoms with E-state index in [1.807, 2.05) is 47.4 Å². The maximum absolute atomic E-state index is 12.5. The molecule has 1 unspecified atom stereocenters. The Morgan fingerprint density at radius 3 is 2.58 bits per heavy atom. The highest BCUT2D eigenvalue weighted by Crippen LogP contribution is 2.39. The number of piperidine rings is 1. The van der Waals surface area contributed by atoms with Gasteiger partial charge in [0.1, 0.15) is 18.5 Å². The molecule has 9 nitrogen and oxygen atoms in total. The van der Waals surface area contributed by atoms with Crippen molar-refractivity contribution < 1.29 is 23.8 Å². The van der Waals surface area contributed by atoms with Crippen molar-refractivity contribution >= 4 is 35.0 Å². The van der Waals surface area contributed by atoms with E-state index in [9.17, 15) is 9.59 Å². The second-order valence-corrected chi connectivity index (χ2v) is 11.1. The van der Waals surface area contributed by atoms with Crippen LogP contribution in [-0.4, -0.2) is 97.4 Å². The summed E-state index contributed by atoms with van der Waals surface area (Å²) in [4.78, 5) is 33.9. The highest BCUT2D eigenvalue weighted by atomic mass is 35.5. The van der Waals surface area contributed by atoms with E-state index in [-0.39, 0.29) is 18.2 Å². The summed E-state index contributed by atoms with van der Waals surface area (Å²) in [5.41, 5.74) is 4.30. The molecule has 212 valence electrons. The molecule has 1 N–H and O–H groups in total. The van der Waals surface area contributed by atoms with E-state index in [1.165, 1.54) is 5.56 Å². The fraction of sp³-hybridized carbons (Fsp3) is 0.467. The Morgan fingerprint density at radius 2 is 1.82 bits per heavy atom. The second-order valence-electron chi connectivity index (χ2n) is 10.6. The number of rotatable bonds is 7. The van der Waals surface area contributed by atoms with Gasteiger partial charge >= 0.3 is 6.09 Å².